The highest BCUT2D eigenvalue weighted by molar-refractivity contribution is 7.12. The number of hydrogen-bond donors (Lipinski definition) is 1. The molecule has 1 unspecified atom stereocenters. The first-order chi connectivity index (χ1) is 18.6. The van der Waals surface area contributed by atoms with Crippen LogP contribution in [0.2, 0.25) is 0 Å². The summed E-state index contributed by atoms with van der Waals surface area (Å²) in [5.41, 5.74) is -0.879. The number of fused-ring (bicyclic) bond motifs is 1. The zero-order chi connectivity index (χ0) is 27.9. The largest absolute Gasteiger partial charge is 0.435 e. The van der Waals surface area contributed by atoms with Crippen LogP contribution < -0.4 is 5.32 Å². The molecule has 12 heteroatoms. The topological polar surface area (TPSA) is 74.0 Å². The van der Waals surface area contributed by atoms with Crippen LogP contribution in [-0.2, 0) is 24.1 Å². The third kappa shape index (κ3) is 5.33. The van der Waals surface area contributed by atoms with Crippen molar-refractivity contribution >= 4 is 17.2 Å². The number of carbonyl (C=O) groups is 1. The van der Waals surface area contributed by atoms with Crippen molar-refractivity contribution in [3.8, 4) is 17.2 Å². The molecular weight excluding hydrogens is 537 g/mol. The fourth-order valence-electron chi connectivity index (χ4n) is 5.17. The van der Waals surface area contributed by atoms with Gasteiger partial charge >= 0.3 is 6.18 Å². The van der Waals surface area contributed by atoms with Crippen LogP contribution in [-0.4, -0.2) is 45.9 Å². The van der Waals surface area contributed by atoms with Crippen molar-refractivity contribution in [3.63, 3.8) is 0 Å². The second-order valence-electron chi connectivity index (χ2n) is 9.53. The molecule has 0 bridgehead atoms. The fraction of sp³-hybridized carbons (Fsp3) is 0.370. The van der Waals surface area contributed by atoms with E-state index in [1.807, 2.05) is 0 Å². The minimum absolute atomic E-state index is 0.0569. The highest BCUT2D eigenvalue weighted by Gasteiger charge is 2.40. The number of aromatic nitrogens is 2. The van der Waals surface area contributed by atoms with Crippen LogP contribution in [0, 0.1) is 17.1 Å². The van der Waals surface area contributed by atoms with E-state index in [1.165, 1.54) is 34.6 Å². The quantitative estimate of drug-likeness (QED) is 0.335. The molecule has 0 aliphatic carbocycles. The smallest absolute Gasteiger partial charge is 0.333 e. The molecule has 1 N–H and O–H groups in total. The van der Waals surface area contributed by atoms with Crippen LogP contribution in [0.4, 0.5) is 22.0 Å². The first kappa shape index (κ1) is 27.0. The van der Waals surface area contributed by atoms with E-state index in [-0.39, 0.29) is 61.2 Å². The lowest BCUT2D eigenvalue weighted by molar-refractivity contribution is -0.141. The summed E-state index contributed by atoms with van der Waals surface area (Å²) in [4.78, 5) is 15.8. The first-order valence-corrected chi connectivity index (χ1v) is 13.2. The molecule has 2 aromatic heterocycles. The SMILES string of the molecule is CCn1cc(-c2c(F)cccc2[C@@H]2CN(C(=O)/C=C/[C@@H]3CC(F)CN3)Cc3sc(C#N)cc32)c(C(F)(F)F)n1. The van der Waals surface area contributed by atoms with Gasteiger partial charge in [-0.05, 0) is 36.6 Å². The van der Waals surface area contributed by atoms with E-state index < -0.39 is 29.8 Å². The highest BCUT2D eigenvalue weighted by atomic mass is 32.1. The van der Waals surface area contributed by atoms with Gasteiger partial charge in [0.05, 0.1) is 6.54 Å². The minimum atomic E-state index is -4.82. The maximum atomic E-state index is 15.4. The summed E-state index contributed by atoms with van der Waals surface area (Å²) in [5, 5.41) is 16.1. The van der Waals surface area contributed by atoms with Crippen molar-refractivity contribution in [1.29, 1.82) is 5.26 Å². The average Bonchev–Trinajstić information content (AvgIpc) is 3.63. The maximum Gasteiger partial charge on any atom is 0.435 e. The van der Waals surface area contributed by atoms with E-state index >= 15 is 4.39 Å². The van der Waals surface area contributed by atoms with Crippen LogP contribution in [0.1, 0.15) is 45.8 Å². The van der Waals surface area contributed by atoms with Crippen LogP contribution in [0.3, 0.4) is 0 Å². The Morgan fingerprint density at radius 3 is 2.79 bits per heavy atom. The summed E-state index contributed by atoms with van der Waals surface area (Å²) in [6, 6.07) is 7.52. The molecule has 1 aromatic carbocycles. The monoisotopic (exact) mass is 561 g/mol. The lowest BCUT2D eigenvalue weighted by Crippen LogP contribution is -2.37. The number of aryl methyl sites for hydroxylation is 1. The number of benzene rings is 1. The molecule has 0 saturated carbocycles. The number of rotatable bonds is 5. The predicted molar refractivity (Wildman–Crippen MR) is 135 cm³/mol. The van der Waals surface area contributed by atoms with Gasteiger partial charge in [0.1, 0.15) is 22.9 Å². The third-order valence-electron chi connectivity index (χ3n) is 7.00. The van der Waals surface area contributed by atoms with Crippen LogP contribution >= 0.6 is 11.3 Å². The zero-order valence-electron chi connectivity index (χ0n) is 20.8. The zero-order valence-corrected chi connectivity index (χ0v) is 21.6. The molecule has 2 aliphatic heterocycles. The van der Waals surface area contributed by atoms with Gasteiger partial charge in [-0.2, -0.15) is 23.5 Å². The van der Waals surface area contributed by atoms with E-state index in [2.05, 4.69) is 16.5 Å². The van der Waals surface area contributed by atoms with E-state index in [4.69, 9.17) is 0 Å². The van der Waals surface area contributed by atoms with Gasteiger partial charge in [0, 0.05) is 59.9 Å². The normalized spacial score (nSPS) is 21.4. The molecule has 1 saturated heterocycles. The molecule has 1 amide bonds. The number of amides is 1. The number of halogens is 5. The standard InChI is InChI=1S/C27H24F5N5OS/c1-2-37-13-21(26(35-37)27(30,31)32)25-18(4-3-5-22(25)29)20-12-36(14-23-19(20)9-17(10-33)39-23)24(38)7-6-16-8-15(28)11-34-16/h3-7,9,13,15-16,20,34H,2,8,11-12,14H2,1H3/b7-6+/t15?,16-,20+/m1/s1. The number of nitrogens with one attached hydrogen (secondary N) is 1. The number of nitriles is 1. The molecule has 4 heterocycles. The van der Waals surface area contributed by atoms with Crippen LogP contribution in [0.5, 0.6) is 0 Å². The Kier molecular flexibility index (Phi) is 7.31. The molecule has 3 aromatic rings. The first-order valence-electron chi connectivity index (χ1n) is 12.4. The van der Waals surface area contributed by atoms with Gasteiger partial charge in [0.25, 0.3) is 0 Å². The Labute approximate surface area is 225 Å². The number of alkyl halides is 4. The van der Waals surface area contributed by atoms with Crippen LogP contribution in [0.25, 0.3) is 11.1 Å². The molecule has 2 aliphatic rings. The van der Waals surface area contributed by atoms with Crippen LogP contribution in [0.15, 0.2) is 42.6 Å². The van der Waals surface area contributed by atoms with Gasteiger partial charge in [-0.25, -0.2) is 8.78 Å². The lowest BCUT2D eigenvalue weighted by Gasteiger charge is -2.33. The van der Waals surface area contributed by atoms with Crippen molar-refractivity contribution in [2.75, 3.05) is 13.1 Å². The summed E-state index contributed by atoms with van der Waals surface area (Å²) >= 11 is 1.19. The molecule has 6 nitrogen and oxygen atoms in total. The second-order valence-corrected chi connectivity index (χ2v) is 10.7. The molecule has 3 atom stereocenters. The number of thiophene rings is 1. The summed E-state index contributed by atoms with van der Waals surface area (Å²) in [6.07, 6.45) is -1.41. The summed E-state index contributed by atoms with van der Waals surface area (Å²) in [7, 11) is 0. The van der Waals surface area contributed by atoms with Gasteiger partial charge in [0.2, 0.25) is 5.91 Å². The molecule has 5 rings (SSSR count). The van der Waals surface area contributed by atoms with Gasteiger partial charge in [0.15, 0.2) is 5.69 Å². The fourth-order valence-corrected chi connectivity index (χ4v) is 6.21. The molecule has 0 spiro atoms. The van der Waals surface area contributed by atoms with Crippen molar-refractivity contribution in [1.82, 2.24) is 20.0 Å². The number of hydrogen-bond acceptors (Lipinski definition) is 5. The molecule has 204 valence electrons. The number of nitrogens with zero attached hydrogens (tertiary/aromatic N) is 4. The van der Waals surface area contributed by atoms with Crippen molar-refractivity contribution in [3.05, 3.63) is 75.0 Å². The van der Waals surface area contributed by atoms with Crippen molar-refractivity contribution < 1.29 is 26.7 Å². The van der Waals surface area contributed by atoms with Gasteiger partial charge in [-0.15, -0.1) is 11.3 Å². The van der Waals surface area contributed by atoms with E-state index in [0.29, 0.717) is 15.3 Å². The Morgan fingerprint density at radius 1 is 1.33 bits per heavy atom. The molecular formula is C27H24F5N5OS. The summed E-state index contributed by atoms with van der Waals surface area (Å²) in [5.74, 6) is -1.90. The Hall–Kier alpha value is -3.56. The Bertz CT molecular complexity index is 1470. The predicted octanol–water partition coefficient (Wildman–Crippen LogP) is 5.39. The van der Waals surface area contributed by atoms with E-state index in [1.54, 1.807) is 25.1 Å². The average molecular weight is 562 g/mol. The lowest BCUT2D eigenvalue weighted by atomic mass is 9.83. The van der Waals surface area contributed by atoms with E-state index in [9.17, 15) is 27.6 Å². The third-order valence-corrected chi connectivity index (χ3v) is 8.04. The minimum Gasteiger partial charge on any atom is -0.333 e. The summed E-state index contributed by atoms with van der Waals surface area (Å²) < 4.78 is 71.9. The summed E-state index contributed by atoms with van der Waals surface area (Å²) in [6.45, 7) is 2.25. The van der Waals surface area contributed by atoms with Crippen molar-refractivity contribution in [2.24, 2.45) is 0 Å². The maximum absolute atomic E-state index is 15.4. The van der Waals surface area contributed by atoms with E-state index in [0.717, 1.165) is 10.7 Å². The molecule has 0 radical (unpaired) electrons. The van der Waals surface area contributed by atoms with Gasteiger partial charge in [-0.3, -0.25) is 9.48 Å². The molecule has 1 fully saturated rings. The van der Waals surface area contributed by atoms with Crippen molar-refractivity contribution in [2.45, 2.75) is 50.7 Å². The Balaban J connectivity index is 1.58. The Morgan fingerprint density at radius 2 is 2.13 bits per heavy atom. The number of carbonyl (C=O) groups excluding carboxylic acids is 1. The van der Waals surface area contributed by atoms with Gasteiger partial charge in [-0.1, -0.05) is 18.2 Å². The molecule has 39 heavy (non-hydrogen) atoms. The highest BCUT2D eigenvalue weighted by Crippen LogP contribution is 2.45. The van der Waals surface area contributed by atoms with Gasteiger partial charge < -0.3 is 10.2 Å². The second kappa shape index (κ2) is 10.5.